The molecule has 0 aliphatic carbocycles. The maximum absolute atomic E-state index is 12.2. The zero-order valence-corrected chi connectivity index (χ0v) is 12.6. The van der Waals surface area contributed by atoms with Gasteiger partial charge in [0, 0.05) is 32.2 Å². The third-order valence-electron chi connectivity index (χ3n) is 3.66. The van der Waals surface area contributed by atoms with Crippen LogP contribution in [0.1, 0.15) is 27.9 Å². The lowest BCUT2D eigenvalue weighted by molar-refractivity contribution is 0.0784. The second-order valence-corrected chi connectivity index (χ2v) is 5.38. The number of amidine groups is 1. The quantitative estimate of drug-likeness (QED) is 0.942. The molecule has 0 unspecified atom stereocenters. The topological polar surface area (TPSA) is 57.8 Å². The van der Waals surface area contributed by atoms with Crippen LogP contribution < -0.4 is 5.32 Å². The highest BCUT2D eigenvalue weighted by atomic mass is 16.3. The zero-order chi connectivity index (χ0) is 15.4. The molecule has 5 heteroatoms. The number of aliphatic imine (C=N–C) groups is 1. The molecule has 0 fully saturated rings. The van der Waals surface area contributed by atoms with Gasteiger partial charge >= 0.3 is 0 Å². The van der Waals surface area contributed by atoms with Gasteiger partial charge in [-0.15, -0.1) is 0 Å². The fourth-order valence-corrected chi connectivity index (χ4v) is 2.45. The highest BCUT2D eigenvalue weighted by molar-refractivity contribution is 5.99. The molecule has 1 aromatic carbocycles. The maximum atomic E-state index is 12.2. The van der Waals surface area contributed by atoms with Crippen molar-refractivity contribution >= 4 is 11.7 Å². The third-order valence-corrected chi connectivity index (χ3v) is 3.66. The van der Waals surface area contributed by atoms with E-state index in [1.165, 1.54) is 12.5 Å². The van der Waals surface area contributed by atoms with Gasteiger partial charge in [0.1, 0.15) is 12.1 Å². The second-order valence-electron chi connectivity index (χ2n) is 5.38. The lowest BCUT2D eigenvalue weighted by Crippen LogP contribution is -2.30. The van der Waals surface area contributed by atoms with Crippen LogP contribution in [0, 0.1) is 0 Å². The average Bonchev–Trinajstić information content (AvgIpc) is 3.10. The summed E-state index contributed by atoms with van der Waals surface area (Å²) < 4.78 is 4.95. The van der Waals surface area contributed by atoms with Crippen LogP contribution in [0.15, 0.2) is 52.3 Å². The van der Waals surface area contributed by atoms with Gasteiger partial charge < -0.3 is 14.6 Å². The van der Waals surface area contributed by atoms with Gasteiger partial charge in [-0.25, -0.2) is 0 Å². The van der Waals surface area contributed by atoms with E-state index >= 15 is 0 Å². The van der Waals surface area contributed by atoms with Crippen LogP contribution in [0.5, 0.6) is 0 Å². The molecule has 0 atom stereocenters. The van der Waals surface area contributed by atoms with E-state index in [1.807, 2.05) is 24.3 Å². The normalized spacial score (nSPS) is 14.1. The average molecular weight is 297 g/mol. The molecule has 1 aromatic heterocycles. The Kier molecular flexibility index (Phi) is 4.23. The lowest BCUT2D eigenvalue weighted by Gasteiger charge is -2.17. The molecular formula is C17H19N3O2. The molecule has 0 bridgehead atoms. The molecular weight excluding hydrogens is 278 g/mol. The summed E-state index contributed by atoms with van der Waals surface area (Å²) in [5, 5.41) is 3.31. The van der Waals surface area contributed by atoms with Crippen molar-refractivity contribution in [1.82, 2.24) is 10.2 Å². The van der Waals surface area contributed by atoms with E-state index in [9.17, 15) is 4.79 Å². The Morgan fingerprint density at radius 2 is 2.14 bits per heavy atom. The van der Waals surface area contributed by atoms with Crippen molar-refractivity contribution in [3.63, 3.8) is 0 Å². The molecule has 5 nitrogen and oxygen atoms in total. The third kappa shape index (κ3) is 3.19. The largest absolute Gasteiger partial charge is 0.472 e. The van der Waals surface area contributed by atoms with Crippen LogP contribution in [0.3, 0.4) is 0 Å². The van der Waals surface area contributed by atoms with E-state index in [2.05, 4.69) is 10.3 Å². The number of furan rings is 1. The first-order valence-corrected chi connectivity index (χ1v) is 7.39. The van der Waals surface area contributed by atoms with Crippen molar-refractivity contribution in [2.45, 2.75) is 13.0 Å². The van der Waals surface area contributed by atoms with Crippen molar-refractivity contribution in [2.24, 2.45) is 4.99 Å². The van der Waals surface area contributed by atoms with Gasteiger partial charge in [-0.05, 0) is 18.1 Å². The Morgan fingerprint density at radius 1 is 1.32 bits per heavy atom. The van der Waals surface area contributed by atoms with E-state index in [0.29, 0.717) is 12.1 Å². The molecule has 22 heavy (non-hydrogen) atoms. The summed E-state index contributed by atoms with van der Waals surface area (Å²) in [5.41, 5.74) is 2.74. The van der Waals surface area contributed by atoms with Gasteiger partial charge in [0.25, 0.3) is 5.91 Å². The Bertz CT molecular complexity index is 660. The van der Waals surface area contributed by atoms with Gasteiger partial charge in [-0.2, -0.15) is 0 Å². The standard InChI is InChI=1S/C17H19N3O2/c1-20(17(21)15-7-10-22-12-15)11-13-3-5-14(6-4-13)16-18-8-2-9-19-16/h3-7,10,12H,2,8-9,11H2,1H3,(H,18,19). The minimum atomic E-state index is -0.0452. The summed E-state index contributed by atoms with van der Waals surface area (Å²) in [5.74, 6) is 0.914. The van der Waals surface area contributed by atoms with Gasteiger partial charge in [-0.1, -0.05) is 24.3 Å². The number of carbonyl (C=O) groups is 1. The molecule has 1 aliphatic rings. The summed E-state index contributed by atoms with van der Waals surface area (Å²) in [4.78, 5) is 18.3. The number of nitrogens with one attached hydrogen (secondary N) is 1. The van der Waals surface area contributed by atoms with Crippen molar-refractivity contribution in [1.29, 1.82) is 0 Å². The number of nitrogens with zero attached hydrogens (tertiary/aromatic N) is 2. The SMILES string of the molecule is CN(Cc1ccc(C2=NCCCN2)cc1)C(=O)c1ccoc1. The highest BCUT2D eigenvalue weighted by Gasteiger charge is 2.13. The first-order valence-electron chi connectivity index (χ1n) is 7.39. The van der Waals surface area contributed by atoms with Crippen molar-refractivity contribution < 1.29 is 9.21 Å². The molecule has 2 heterocycles. The summed E-state index contributed by atoms with van der Waals surface area (Å²) in [6, 6.07) is 9.83. The summed E-state index contributed by atoms with van der Waals surface area (Å²) >= 11 is 0. The number of benzene rings is 1. The number of hydrogen-bond donors (Lipinski definition) is 1. The van der Waals surface area contributed by atoms with E-state index in [0.717, 1.165) is 36.5 Å². The van der Waals surface area contributed by atoms with E-state index < -0.39 is 0 Å². The van der Waals surface area contributed by atoms with Crippen molar-refractivity contribution in [2.75, 3.05) is 20.1 Å². The van der Waals surface area contributed by atoms with Gasteiger partial charge in [0.15, 0.2) is 0 Å². The molecule has 3 rings (SSSR count). The van der Waals surface area contributed by atoms with Gasteiger partial charge in [-0.3, -0.25) is 9.79 Å². The number of hydrogen-bond acceptors (Lipinski definition) is 4. The predicted octanol–water partition coefficient (Wildman–Crippen LogP) is 2.29. The van der Waals surface area contributed by atoms with E-state index in [4.69, 9.17) is 4.42 Å². The summed E-state index contributed by atoms with van der Waals surface area (Å²) in [6.07, 6.45) is 4.06. The smallest absolute Gasteiger partial charge is 0.257 e. The zero-order valence-electron chi connectivity index (χ0n) is 12.6. The summed E-state index contributed by atoms with van der Waals surface area (Å²) in [7, 11) is 1.79. The molecule has 1 aliphatic heterocycles. The maximum Gasteiger partial charge on any atom is 0.257 e. The minimum absolute atomic E-state index is 0.0452. The fraction of sp³-hybridized carbons (Fsp3) is 0.294. The van der Waals surface area contributed by atoms with Crippen LogP contribution in [-0.2, 0) is 6.54 Å². The first kappa shape index (κ1) is 14.4. The number of amides is 1. The van der Waals surface area contributed by atoms with Gasteiger partial charge in [0.2, 0.25) is 0 Å². The Balaban J connectivity index is 1.66. The van der Waals surface area contributed by atoms with Crippen LogP contribution in [0.25, 0.3) is 0 Å². The molecule has 114 valence electrons. The minimum Gasteiger partial charge on any atom is -0.472 e. The Hall–Kier alpha value is -2.56. The number of rotatable bonds is 4. The Morgan fingerprint density at radius 3 is 2.77 bits per heavy atom. The predicted molar refractivity (Wildman–Crippen MR) is 85.0 cm³/mol. The van der Waals surface area contributed by atoms with Crippen molar-refractivity contribution in [3.8, 4) is 0 Å². The molecule has 0 radical (unpaired) electrons. The lowest BCUT2D eigenvalue weighted by atomic mass is 10.1. The second kappa shape index (κ2) is 6.47. The summed E-state index contributed by atoms with van der Waals surface area (Å²) in [6.45, 7) is 2.42. The van der Waals surface area contributed by atoms with Crippen LogP contribution >= 0.6 is 0 Å². The Labute approximate surface area is 129 Å². The molecule has 0 saturated heterocycles. The van der Waals surface area contributed by atoms with E-state index in [1.54, 1.807) is 18.0 Å². The molecule has 1 amide bonds. The van der Waals surface area contributed by atoms with Crippen LogP contribution in [0.2, 0.25) is 0 Å². The van der Waals surface area contributed by atoms with E-state index in [-0.39, 0.29) is 5.91 Å². The number of carbonyl (C=O) groups excluding carboxylic acids is 1. The molecule has 2 aromatic rings. The highest BCUT2D eigenvalue weighted by Crippen LogP contribution is 2.11. The van der Waals surface area contributed by atoms with Crippen LogP contribution in [-0.4, -0.2) is 36.8 Å². The fourth-order valence-electron chi connectivity index (χ4n) is 2.45. The first-order chi connectivity index (χ1) is 10.7. The van der Waals surface area contributed by atoms with Crippen LogP contribution in [0.4, 0.5) is 0 Å². The molecule has 0 spiro atoms. The van der Waals surface area contributed by atoms with Gasteiger partial charge in [0.05, 0.1) is 11.8 Å². The molecule has 1 N–H and O–H groups in total. The molecule has 0 saturated carbocycles. The van der Waals surface area contributed by atoms with Crippen molar-refractivity contribution in [3.05, 3.63) is 59.5 Å². The monoisotopic (exact) mass is 297 g/mol.